The third kappa shape index (κ3) is 5.63. The lowest BCUT2D eigenvalue weighted by Gasteiger charge is -2.74. The zero-order valence-corrected chi connectivity index (χ0v) is 31.9. The molecule has 0 bridgehead atoms. The fraction of sp³-hybridized carbons (Fsp3) is 0.903. The summed E-state index contributed by atoms with van der Waals surface area (Å²) in [7, 11) is -8.62. The normalized spacial score (nSPS) is 32.2. The number of hydrogen-bond donors (Lipinski definition) is 0. The van der Waals surface area contributed by atoms with E-state index in [2.05, 4.69) is 65.5 Å². The van der Waals surface area contributed by atoms with Crippen LogP contribution in [0.5, 0.6) is 0 Å². The van der Waals surface area contributed by atoms with Crippen LogP contribution in [0.15, 0.2) is 12.2 Å². The average Bonchev–Trinajstić information content (AvgIpc) is 2.88. The second-order valence-corrected chi connectivity index (χ2v) is 38.2. The molecule has 3 aliphatic heterocycles. The van der Waals surface area contributed by atoms with Crippen molar-refractivity contribution in [1.29, 1.82) is 0 Å². The fourth-order valence-corrected chi connectivity index (χ4v) is 41.6. The molecular formula is C31H62O5Si4. The summed E-state index contributed by atoms with van der Waals surface area (Å²) in [6.07, 6.45) is 11.4. The molecule has 0 aromatic rings. The highest BCUT2D eigenvalue weighted by molar-refractivity contribution is 7.15. The van der Waals surface area contributed by atoms with Crippen molar-refractivity contribution in [2.75, 3.05) is 26.4 Å². The Balaban J connectivity index is 2.44. The van der Waals surface area contributed by atoms with Crippen LogP contribution in [0.1, 0.15) is 71.1 Å². The summed E-state index contributed by atoms with van der Waals surface area (Å²) < 4.78 is 28.4. The minimum atomic E-state index is -2.74. The molecule has 3 rings (SSSR count). The van der Waals surface area contributed by atoms with Crippen molar-refractivity contribution in [3.05, 3.63) is 12.2 Å². The van der Waals surface area contributed by atoms with E-state index in [9.17, 15) is 4.79 Å². The van der Waals surface area contributed by atoms with E-state index >= 15 is 0 Å². The van der Waals surface area contributed by atoms with Crippen molar-refractivity contribution in [3.63, 3.8) is 0 Å². The van der Waals surface area contributed by atoms with E-state index in [0.717, 1.165) is 70.8 Å². The van der Waals surface area contributed by atoms with Crippen molar-refractivity contribution >= 4 is 38.3 Å². The lowest BCUT2D eigenvalue weighted by atomic mass is 10.2. The van der Waals surface area contributed by atoms with Gasteiger partial charge in [-0.2, -0.15) is 0 Å². The van der Waals surface area contributed by atoms with Crippen LogP contribution >= 0.6 is 0 Å². The molecule has 232 valence electrons. The van der Waals surface area contributed by atoms with Gasteiger partial charge in [-0.05, 0) is 77.2 Å². The van der Waals surface area contributed by atoms with Gasteiger partial charge in [0, 0.05) is 25.4 Å². The highest BCUT2D eigenvalue weighted by Crippen LogP contribution is 2.62. The molecule has 3 aliphatic rings. The number of hydrogen-bond acceptors (Lipinski definition) is 5. The van der Waals surface area contributed by atoms with Crippen LogP contribution in [-0.4, -0.2) is 79.2 Å². The molecule has 0 spiro atoms. The zero-order valence-electron chi connectivity index (χ0n) is 27.9. The van der Waals surface area contributed by atoms with E-state index in [1.54, 1.807) is 6.92 Å². The highest BCUT2D eigenvalue weighted by atomic mass is 28.4. The number of rotatable bonds is 11. The van der Waals surface area contributed by atoms with E-state index in [0.29, 0.717) is 12.2 Å². The third-order valence-electron chi connectivity index (χ3n) is 10.8. The average molecular weight is 627 g/mol. The van der Waals surface area contributed by atoms with E-state index < -0.39 is 32.3 Å². The summed E-state index contributed by atoms with van der Waals surface area (Å²) in [5, 5.41) is 0. The molecule has 3 fully saturated rings. The number of ether oxygens (including phenoxy) is 4. The molecule has 9 heteroatoms. The molecule has 0 saturated carbocycles. The fourth-order valence-electron chi connectivity index (χ4n) is 9.30. The van der Waals surface area contributed by atoms with E-state index in [1.165, 1.54) is 19.3 Å². The second kappa shape index (κ2) is 12.5. The number of esters is 1. The smallest absolute Gasteiger partial charge is 0.333 e. The molecule has 0 aromatic heterocycles. The number of carbonyl (C=O) groups excluding carboxylic acids is 1. The van der Waals surface area contributed by atoms with Gasteiger partial charge < -0.3 is 18.9 Å². The molecule has 3 saturated heterocycles. The lowest BCUT2D eigenvalue weighted by Crippen LogP contribution is -2.95. The minimum Gasteiger partial charge on any atom is -0.462 e. The zero-order chi connectivity index (χ0) is 30.1. The first-order chi connectivity index (χ1) is 18.4. The van der Waals surface area contributed by atoms with Gasteiger partial charge in [-0.25, -0.2) is 4.79 Å². The second-order valence-electron chi connectivity index (χ2n) is 16.1. The molecule has 0 radical (unpaired) electrons. The Kier molecular flexibility index (Phi) is 10.8. The van der Waals surface area contributed by atoms with Crippen molar-refractivity contribution in [2.24, 2.45) is 0 Å². The van der Waals surface area contributed by atoms with Gasteiger partial charge in [-0.3, -0.25) is 0 Å². The number of carbonyl (C=O) groups is 1. The first-order valence-corrected chi connectivity index (χ1v) is 28.9. The molecule has 3 atom stereocenters. The van der Waals surface area contributed by atoms with Crippen LogP contribution in [-0.2, 0) is 23.7 Å². The Hall–Kier alpha value is -0.0425. The Bertz CT molecular complexity index is 793. The minimum absolute atomic E-state index is 0.147. The van der Waals surface area contributed by atoms with Gasteiger partial charge >= 0.3 is 5.97 Å². The van der Waals surface area contributed by atoms with Crippen molar-refractivity contribution in [3.8, 4) is 0 Å². The molecule has 0 N–H and O–H groups in total. The van der Waals surface area contributed by atoms with Crippen molar-refractivity contribution in [2.45, 2.75) is 151 Å². The Morgan fingerprint density at radius 2 is 1.02 bits per heavy atom. The molecule has 0 aliphatic carbocycles. The van der Waals surface area contributed by atoms with Crippen LogP contribution in [0.25, 0.3) is 0 Å². The standard InChI is InChI=1S/C31H62O5Si4/c1-27(2)28(32)33-22-18-26-40(29(37(3,4)5)19-12-15-23-34-29,30(38(6,7)8)20-13-16-24-35-30)31(39(9,10)11)21-14-17-25-36-31/h1,12-26H2,2-11H3. The van der Waals surface area contributed by atoms with Crippen LogP contribution in [0.2, 0.25) is 65.0 Å². The van der Waals surface area contributed by atoms with Crippen LogP contribution in [0, 0.1) is 0 Å². The maximum Gasteiger partial charge on any atom is 0.333 e. The van der Waals surface area contributed by atoms with Crippen LogP contribution < -0.4 is 0 Å². The first kappa shape index (κ1) is 34.4. The summed E-state index contributed by atoms with van der Waals surface area (Å²) in [5.41, 5.74) is 0.473. The molecule has 40 heavy (non-hydrogen) atoms. The predicted octanol–water partition coefficient (Wildman–Crippen LogP) is 8.01. The molecular weight excluding hydrogens is 565 g/mol. The van der Waals surface area contributed by atoms with Gasteiger partial charge in [0.25, 0.3) is 0 Å². The summed E-state index contributed by atoms with van der Waals surface area (Å²) in [6, 6.07) is 1.05. The van der Waals surface area contributed by atoms with Gasteiger partial charge in [0.2, 0.25) is 0 Å². The van der Waals surface area contributed by atoms with Crippen LogP contribution in [0.3, 0.4) is 0 Å². The van der Waals surface area contributed by atoms with Crippen molar-refractivity contribution < 1.29 is 23.7 Å². The Morgan fingerprint density at radius 3 is 1.27 bits per heavy atom. The predicted molar refractivity (Wildman–Crippen MR) is 179 cm³/mol. The maximum absolute atomic E-state index is 12.5. The first-order valence-electron chi connectivity index (χ1n) is 16.2. The van der Waals surface area contributed by atoms with Crippen molar-refractivity contribution in [1.82, 2.24) is 0 Å². The van der Waals surface area contributed by atoms with Crippen LogP contribution in [0.4, 0.5) is 0 Å². The SMILES string of the molecule is C=C(C)C(=O)OCCC[Si](C1([Si](C)(C)C)CCCCO1)(C1([Si](C)(C)C)CCCCO1)C1([Si](C)(C)C)CCCCO1. The monoisotopic (exact) mass is 626 g/mol. The lowest BCUT2D eigenvalue weighted by molar-refractivity contribution is -0.138. The molecule has 0 amide bonds. The molecule has 3 heterocycles. The summed E-state index contributed by atoms with van der Waals surface area (Å²) in [5.74, 6) is -0.274. The van der Waals surface area contributed by atoms with E-state index in [1.807, 2.05) is 0 Å². The Morgan fingerprint density at radius 1 is 0.675 bits per heavy atom. The maximum atomic E-state index is 12.5. The van der Waals surface area contributed by atoms with Gasteiger partial charge in [-0.15, -0.1) is 0 Å². The quantitative estimate of drug-likeness (QED) is 0.101. The van der Waals surface area contributed by atoms with E-state index in [-0.39, 0.29) is 20.5 Å². The topological polar surface area (TPSA) is 54.0 Å². The molecule has 5 nitrogen and oxygen atoms in total. The summed E-state index contributed by atoms with van der Waals surface area (Å²) in [6.45, 7) is 31.8. The highest BCUT2D eigenvalue weighted by Gasteiger charge is 2.81. The third-order valence-corrected chi connectivity index (χ3v) is 36.3. The largest absolute Gasteiger partial charge is 0.462 e. The van der Waals surface area contributed by atoms with E-state index in [4.69, 9.17) is 18.9 Å². The Labute approximate surface area is 250 Å². The van der Waals surface area contributed by atoms with Gasteiger partial charge in [-0.1, -0.05) is 65.5 Å². The summed E-state index contributed by atoms with van der Waals surface area (Å²) >= 11 is 0. The molecule has 3 unspecified atom stereocenters. The molecule has 0 aromatic carbocycles. The summed E-state index contributed by atoms with van der Waals surface area (Å²) in [4.78, 5) is 12.0. The van der Waals surface area contributed by atoms with Gasteiger partial charge in [0.1, 0.15) is 0 Å². The van der Waals surface area contributed by atoms with Gasteiger partial charge in [0.05, 0.1) is 45.4 Å². The van der Waals surface area contributed by atoms with Gasteiger partial charge in [0.15, 0.2) is 8.07 Å².